The van der Waals surface area contributed by atoms with Gasteiger partial charge in [0.2, 0.25) is 7.59 Å². The van der Waals surface area contributed by atoms with Crippen LogP contribution in [0.3, 0.4) is 0 Å². The number of fused-ring (bicyclic) bond motifs is 4. The molecule has 0 aromatic heterocycles. The third kappa shape index (κ3) is 14.4. The molecule has 0 spiro atoms. The van der Waals surface area contributed by atoms with Gasteiger partial charge in [0.25, 0.3) is 11.8 Å². The van der Waals surface area contributed by atoms with E-state index < -0.39 is 111 Å². The summed E-state index contributed by atoms with van der Waals surface area (Å²) in [7, 11) is -5.11. The van der Waals surface area contributed by atoms with Crippen molar-refractivity contribution >= 4 is 129 Å². The number of benzene rings is 3. The first-order valence-electron chi connectivity index (χ1n) is 24.9. The second kappa shape index (κ2) is 24.9. The van der Waals surface area contributed by atoms with Gasteiger partial charge >= 0.3 is 27.8 Å². The molecule has 0 bridgehead atoms. The Labute approximate surface area is 501 Å². The van der Waals surface area contributed by atoms with Gasteiger partial charge in [-0.15, -0.1) is 0 Å². The van der Waals surface area contributed by atoms with Gasteiger partial charge in [0.15, 0.2) is 43.8 Å². The fraction of sp³-hybridized carbons (Fsp3) is 0.490. The van der Waals surface area contributed by atoms with E-state index in [0.29, 0.717) is 30.6 Å². The lowest BCUT2D eigenvalue weighted by Crippen LogP contribution is -2.58. The third-order valence-electron chi connectivity index (χ3n) is 13.9. The standard InChI is InChI=1S/C51H57Cl6F3N4O16SSi/c1-48(2,3)82(7,8)80-45-37-19-31(79-81(70,71)51(58,59)60)25-62(37)43(66)33-21-39(74-6)41(23-35(33)64(45)47(69)78-27-50(55,56)57)76-17-11-9-10-16-75-40-22-34-32(20-38(40)73-5)42(65)61-24-29(28-12-14-30(72-4)15-13-28)18-36(61)44(67)63(34)46(68)77-26-49(52,53)54/h12-15,20-25,36-37,44-45,67H,9-11,16-19,26-27H2,1-8H3/t36-,37-,44-,45-/m0/s1. The van der Waals surface area contributed by atoms with Gasteiger partial charge in [-0.25, -0.2) is 19.4 Å². The van der Waals surface area contributed by atoms with Gasteiger partial charge in [0, 0.05) is 31.0 Å². The van der Waals surface area contributed by atoms with E-state index in [4.69, 9.17) is 107 Å². The van der Waals surface area contributed by atoms with Crippen molar-refractivity contribution in [2.45, 2.75) is 109 Å². The van der Waals surface area contributed by atoms with Crippen molar-refractivity contribution in [3.63, 3.8) is 0 Å². The Morgan fingerprint density at radius 2 is 1.17 bits per heavy atom. The molecule has 82 heavy (non-hydrogen) atoms. The molecule has 4 aliphatic rings. The minimum Gasteiger partial charge on any atom is -0.497 e. The second-order valence-electron chi connectivity index (χ2n) is 20.5. The van der Waals surface area contributed by atoms with Crippen LogP contribution in [0.1, 0.15) is 79.2 Å². The lowest BCUT2D eigenvalue weighted by atomic mass is 10.0. The number of hydrogen-bond acceptors (Lipinski definition) is 16. The number of ether oxygens (including phenoxy) is 7. The first-order valence-corrected chi connectivity index (χ1v) is 31.5. The van der Waals surface area contributed by atoms with Crippen LogP contribution in [0.15, 0.2) is 66.7 Å². The Balaban J connectivity index is 1.13. The number of anilines is 2. The van der Waals surface area contributed by atoms with Crippen LogP contribution in [-0.2, 0) is 28.2 Å². The van der Waals surface area contributed by atoms with Crippen LogP contribution in [0, 0.1) is 0 Å². The molecule has 3 aromatic carbocycles. The van der Waals surface area contributed by atoms with E-state index in [2.05, 4.69) is 4.18 Å². The summed E-state index contributed by atoms with van der Waals surface area (Å²) in [5.74, 6) is -1.45. The summed E-state index contributed by atoms with van der Waals surface area (Å²) in [5.41, 5.74) is -4.95. The molecule has 20 nitrogen and oxygen atoms in total. The van der Waals surface area contributed by atoms with Crippen LogP contribution in [-0.4, -0.2) is 141 Å². The Bertz CT molecular complexity index is 3110. The van der Waals surface area contributed by atoms with Gasteiger partial charge in [0.1, 0.15) is 24.7 Å². The minimum atomic E-state index is -6.20. The Morgan fingerprint density at radius 3 is 1.63 bits per heavy atom. The Morgan fingerprint density at radius 1 is 0.683 bits per heavy atom. The summed E-state index contributed by atoms with van der Waals surface area (Å²) in [6, 6.07) is 10.00. The first-order chi connectivity index (χ1) is 38.1. The number of unbranched alkanes of at least 4 members (excludes halogenated alkanes) is 2. The second-order valence-corrected chi connectivity index (χ2v) is 31.8. The van der Waals surface area contributed by atoms with Gasteiger partial charge in [-0.3, -0.25) is 9.59 Å². The average molecular weight is 1310 g/mol. The van der Waals surface area contributed by atoms with E-state index in [1.165, 1.54) is 50.5 Å². The van der Waals surface area contributed by atoms with E-state index >= 15 is 0 Å². The molecule has 0 radical (unpaired) electrons. The monoisotopic (exact) mass is 1310 g/mol. The van der Waals surface area contributed by atoms with Crippen molar-refractivity contribution in [3.05, 3.63) is 83.4 Å². The van der Waals surface area contributed by atoms with Crippen LogP contribution >= 0.6 is 69.6 Å². The van der Waals surface area contributed by atoms with Crippen molar-refractivity contribution in [2.24, 2.45) is 0 Å². The number of rotatable bonds is 18. The van der Waals surface area contributed by atoms with Crippen LogP contribution in [0.5, 0.6) is 28.7 Å². The maximum atomic E-state index is 14.6. The highest BCUT2D eigenvalue weighted by Gasteiger charge is 2.55. The number of amides is 4. The maximum Gasteiger partial charge on any atom is 0.534 e. The van der Waals surface area contributed by atoms with Gasteiger partial charge in [-0.1, -0.05) is 103 Å². The summed E-state index contributed by atoms with van der Waals surface area (Å²) < 4.78 is 112. The van der Waals surface area contributed by atoms with E-state index in [9.17, 15) is 45.9 Å². The van der Waals surface area contributed by atoms with Gasteiger partial charge < -0.3 is 56.7 Å². The van der Waals surface area contributed by atoms with Crippen molar-refractivity contribution in [3.8, 4) is 28.7 Å². The Hall–Kier alpha value is -4.96. The molecule has 0 saturated carbocycles. The van der Waals surface area contributed by atoms with Crippen molar-refractivity contribution < 1.29 is 87.6 Å². The van der Waals surface area contributed by atoms with E-state index in [0.717, 1.165) is 26.5 Å². The van der Waals surface area contributed by atoms with Gasteiger partial charge in [-0.2, -0.15) is 21.6 Å². The summed E-state index contributed by atoms with van der Waals surface area (Å²) in [4.78, 5) is 61.4. The van der Waals surface area contributed by atoms with Crippen molar-refractivity contribution in [1.29, 1.82) is 0 Å². The highest BCUT2D eigenvalue weighted by molar-refractivity contribution is 7.87. The highest BCUT2D eigenvalue weighted by Crippen LogP contribution is 2.48. The number of aliphatic hydroxyl groups is 1. The van der Waals surface area contributed by atoms with Crippen LogP contribution in [0.2, 0.25) is 18.1 Å². The van der Waals surface area contributed by atoms with Crippen molar-refractivity contribution in [1.82, 2.24) is 9.80 Å². The molecule has 3 aromatic rings. The van der Waals surface area contributed by atoms with E-state index in [1.54, 1.807) is 43.6 Å². The van der Waals surface area contributed by atoms with E-state index in [-0.39, 0.29) is 65.1 Å². The summed E-state index contributed by atoms with van der Waals surface area (Å²) in [5, 5.41) is 11.4. The predicted molar refractivity (Wildman–Crippen MR) is 301 cm³/mol. The number of carbonyl (C=O) groups is 4. The largest absolute Gasteiger partial charge is 0.534 e. The molecular formula is C51H57Cl6F3N4O16SSi. The number of alkyl halides is 9. The predicted octanol–water partition coefficient (Wildman–Crippen LogP) is 11.8. The molecule has 4 atom stereocenters. The number of hydrogen-bond donors (Lipinski definition) is 1. The summed E-state index contributed by atoms with van der Waals surface area (Å²) >= 11 is 35.7. The van der Waals surface area contributed by atoms with E-state index in [1.807, 2.05) is 20.8 Å². The van der Waals surface area contributed by atoms with Crippen molar-refractivity contribution in [2.75, 3.05) is 57.6 Å². The molecule has 4 aliphatic heterocycles. The SMILES string of the molecule is COc1ccc(C2=CN3C(=O)c4cc(OC)c(OCCCCCOc5cc6c(cc5OC)C(=O)N5C=C(OS(=O)(=O)C(F)(F)F)C[C@H]5[C@H](O[Si](C)(C)C(C)(C)C)N6C(=O)OCC(Cl)(Cl)Cl)cc4N(C(=O)OCC(Cl)(Cl)Cl)[C@@H](O)[C@@H]3C2)cc1. The van der Waals surface area contributed by atoms with Crippen LogP contribution in [0.25, 0.3) is 5.57 Å². The number of halogens is 9. The number of methoxy groups -OCH3 is 3. The molecule has 0 fully saturated rings. The third-order valence-corrected chi connectivity index (χ3v) is 20.0. The fourth-order valence-corrected chi connectivity index (χ4v) is 10.9. The number of aliphatic hydroxyl groups excluding tert-OH is 1. The summed E-state index contributed by atoms with van der Waals surface area (Å²) in [6.45, 7) is 7.77. The lowest BCUT2D eigenvalue weighted by molar-refractivity contribution is -0.0523. The number of carbonyl (C=O) groups excluding carboxylic acids is 4. The van der Waals surface area contributed by atoms with Gasteiger partial charge in [0.05, 0.1) is 69.1 Å². The molecule has 450 valence electrons. The quantitative estimate of drug-likeness (QED) is 0.0411. The molecule has 0 aliphatic carbocycles. The normalized spacial score (nSPS) is 19.4. The highest BCUT2D eigenvalue weighted by atomic mass is 35.6. The number of nitrogens with zero attached hydrogens (tertiary/aromatic N) is 4. The molecule has 7 rings (SSSR count). The minimum absolute atomic E-state index is 0.0102. The first kappa shape index (κ1) is 64.6. The average Bonchev–Trinajstić information content (AvgIpc) is 3.64. The summed E-state index contributed by atoms with van der Waals surface area (Å²) in [6.07, 6.45) is -2.55. The molecule has 31 heteroatoms. The fourth-order valence-electron chi connectivity index (χ4n) is 8.87. The zero-order valence-corrected chi connectivity index (χ0v) is 51.5. The molecule has 0 saturated heterocycles. The molecule has 4 heterocycles. The molecule has 1 N–H and O–H groups in total. The lowest BCUT2D eigenvalue weighted by Gasteiger charge is -2.44. The molecular weight excluding hydrogens is 1250 g/mol. The van der Waals surface area contributed by atoms with Crippen LogP contribution in [0.4, 0.5) is 34.1 Å². The topological polar surface area (TPSA) is 219 Å². The smallest absolute Gasteiger partial charge is 0.497 e. The molecule has 4 amide bonds. The van der Waals surface area contributed by atoms with Gasteiger partial charge in [-0.05, 0) is 79.2 Å². The maximum absolute atomic E-state index is 14.6. The zero-order valence-electron chi connectivity index (χ0n) is 45.1. The Kier molecular flexibility index (Phi) is 19.6. The van der Waals surface area contributed by atoms with Crippen LogP contribution < -0.4 is 33.5 Å². The molecule has 0 unspecified atom stereocenters. The zero-order chi connectivity index (χ0) is 60.7.